The van der Waals surface area contributed by atoms with E-state index in [1.165, 1.54) is 7.11 Å². The van der Waals surface area contributed by atoms with Crippen LogP contribution in [-0.4, -0.2) is 24.9 Å². The summed E-state index contributed by atoms with van der Waals surface area (Å²) in [5, 5.41) is 11.4. The molecule has 1 rings (SSSR count). The minimum atomic E-state index is -1.06. The molecule has 0 aromatic heterocycles. The van der Waals surface area contributed by atoms with Crippen LogP contribution >= 0.6 is 23.2 Å². The van der Waals surface area contributed by atoms with E-state index in [1.54, 1.807) is 12.1 Å². The van der Waals surface area contributed by atoms with Gasteiger partial charge in [0.05, 0.1) is 12.1 Å². The number of benzene rings is 1. The molecule has 0 heterocycles. The third kappa shape index (κ3) is 3.18. The zero-order valence-corrected chi connectivity index (χ0v) is 10.1. The van der Waals surface area contributed by atoms with E-state index in [4.69, 9.17) is 33.0 Å². The summed E-state index contributed by atoms with van der Waals surface area (Å²) in [7, 11) is 1.50. The lowest BCUT2D eigenvalue weighted by Crippen LogP contribution is -2.23. The Bertz CT molecular complexity index is 396. The third-order valence-electron chi connectivity index (χ3n) is 2.02. The Morgan fingerprint density at radius 2 is 2.12 bits per heavy atom. The van der Waals surface area contributed by atoms with Crippen molar-refractivity contribution >= 4 is 29.3 Å². The van der Waals surface area contributed by atoms with Gasteiger partial charge in [0.1, 0.15) is 10.8 Å². The lowest BCUT2D eigenvalue weighted by molar-refractivity contribution is 0.194. The number of carbonyl (C=O) groups is 1. The van der Waals surface area contributed by atoms with Crippen LogP contribution in [0, 0.1) is 0 Å². The summed E-state index contributed by atoms with van der Waals surface area (Å²) in [5.74, 6) is 0.501. The van der Waals surface area contributed by atoms with Gasteiger partial charge in [-0.2, -0.15) is 0 Å². The molecule has 0 saturated carbocycles. The number of hydrogen-bond donors (Lipinski definition) is 2. The Kier molecular flexibility index (Phi) is 4.71. The van der Waals surface area contributed by atoms with Gasteiger partial charge < -0.3 is 15.2 Å². The molecule has 0 fully saturated rings. The van der Waals surface area contributed by atoms with Crippen LogP contribution in [0.1, 0.15) is 5.56 Å². The molecular weight excluding hydrogens is 253 g/mol. The lowest BCUT2D eigenvalue weighted by Gasteiger charge is -2.09. The number of nitrogens with one attached hydrogen (secondary N) is 1. The maximum absolute atomic E-state index is 10.3. The molecule has 88 valence electrons. The molecule has 1 aromatic rings. The summed E-state index contributed by atoms with van der Waals surface area (Å²) >= 11 is 12.0. The Balaban J connectivity index is 2.74. The van der Waals surface area contributed by atoms with Crippen LogP contribution in [0.4, 0.5) is 4.79 Å². The van der Waals surface area contributed by atoms with Gasteiger partial charge in [-0.05, 0) is 18.1 Å². The van der Waals surface area contributed by atoms with E-state index in [9.17, 15) is 4.79 Å². The molecule has 0 aliphatic heterocycles. The number of methoxy groups -OCH3 is 1. The molecule has 0 radical (unpaired) electrons. The zero-order chi connectivity index (χ0) is 12.1. The van der Waals surface area contributed by atoms with Gasteiger partial charge >= 0.3 is 6.09 Å². The summed E-state index contributed by atoms with van der Waals surface area (Å²) in [6.45, 7) is 0.289. The van der Waals surface area contributed by atoms with E-state index in [0.29, 0.717) is 22.2 Å². The fraction of sp³-hybridized carbons (Fsp3) is 0.300. The van der Waals surface area contributed by atoms with Gasteiger partial charge in [0.15, 0.2) is 0 Å². The number of amides is 1. The van der Waals surface area contributed by atoms with Crippen LogP contribution in [0.3, 0.4) is 0 Å². The van der Waals surface area contributed by atoms with Gasteiger partial charge in [0.25, 0.3) is 0 Å². The van der Waals surface area contributed by atoms with Crippen LogP contribution in [0.15, 0.2) is 12.1 Å². The van der Waals surface area contributed by atoms with Crippen LogP contribution < -0.4 is 10.1 Å². The number of carboxylic acid groups (broad SMARTS) is 1. The SMILES string of the molecule is COc1ccc(CCNC(=O)O)c(Cl)c1Cl. The maximum Gasteiger partial charge on any atom is 0.404 e. The second kappa shape index (κ2) is 5.82. The summed E-state index contributed by atoms with van der Waals surface area (Å²) < 4.78 is 5.00. The summed E-state index contributed by atoms with van der Waals surface area (Å²) in [6.07, 6.45) is -0.579. The molecule has 0 bridgehead atoms. The van der Waals surface area contributed by atoms with Gasteiger partial charge in [-0.25, -0.2) is 4.79 Å². The molecule has 4 nitrogen and oxygen atoms in total. The highest BCUT2D eigenvalue weighted by Crippen LogP contribution is 2.34. The second-order valence-electron chi connectivity index (χ2n) is 3.04. The lowest BCUT2D eigenvalue weighted by atomic mass is 10.1. The first-order valence-corrected chi connectivity index (χ1v) is 5.29. The average molecular weight is 264 g/mol. The van der Waals surface area contributed by atoms with Gasteiger partial charge in [-0.15, -0.1) is 0 Å². The minimum absolute atomic E-state index is 0.289. The second-order valence-corrected chi connectivity index (χ2v) is 3.79. The summed E-state index contributed by atoms with van der Waals surface area (Å²) in [4.78, 5) is 10.3. The minimum Gasteiger partial charge on any atom is -0.495 e. The van der Waals surface area contributed by atoms with E-state index in [-0.39, 0.29) is 6.54 Å². The molecule has 16 heavy (non-hydrogen) atoms. The average Bonchev–Trinajstić information content (AvgIpc) is 2.24. The predicted molar refractivity (Wildman–Crippen MR) is 62.7 cm³/mol. The highest BCUT2D eigenvalue weighted by molar-refractivity contribution is 6.43. The van der Waals surface area contributed by atoms with E-state index >= 15 is 0 Å². The van der Waals surface area contributed by atoms with Crippen molar-refractivity contribution in [2.75, 3.05) is 13.7 Å². The third-order valence-corrected chi connectivity index (χ3v) is 2.92. The monoisotopic (exact) mass is 263 g/mol. The van der Waals surface area contributed by atoms with Gasteiger partial charge in [0.2, 0.25) is 0 Å². The van der Waals surface area contributed by atoms with Crippen LogP contribution in [0.5, 0.6) is 5.75 Å². The van der Waals surface area contributed by atoms with Gasteiger partial charge in [-0.1, -0.05) is 29.3 Å². The molecular formula is C10H11Cl2NO3. The van der Waals surface area contributed by atoms with Crippen molar-refractivity contribution in [3.8, 4) is 5.75 Å². The molecule has 1 amide bonds. The quantitative estimate of drug-likeness (QED) is 0.879. The van der Waals surface area contributed by atoms with Crippen molar-refractivity contribution in [2.45, 2.75) is 6.42 Å². The van der Waals surface area contributed by atoms with E-state index in [0.717, 1.165) is 5.56 Å². The van der Waals surface area contributed by atoms with Crippen molar-refractivity contribution in [3.63, 3.8) is 0 Å². The van der Waals surface area contributed by atoms with Crippen LogP contribution in [0.25, 0.3) is 0 Å². The molecule has 0 saturated heterocycles. The standard InChI is InChI=1S/C10H11Cl2NO3/c1-16-7-3-2-6(8(11)9(7)12)4-5-13-10(14)15/h2-3,13H,4-5H2,1H3,(H,14,15). The van der Waals surface area contributed by atoms with E-state index < -0.39 is 6.09 Å². The van der Waals surface area contributed by atoms with Crippen molar-refractivity contribution in [3.05, 3.63) is 27.7 Å². The molecule has 0 aliphatic carbocycles. The Labute approximate surface area is 103 Å². The fourth-order valence-electron chi connectivity index (χ4n) is 1.23. The predicted octanol–water partition coefficient (Wildman–Crippen LogP) is 2.81. The van der Waals surface area contributed by atoms with Crippen LogP contribution in [-0.2, 0) is 6.42 Å². The van der Waals surface area contributed by atoms with Gasteiger partial charge in [0, 0.05) is 6.54 Å². The fourth-order valence-corrected chi connectivity index (χ4v) is 1.74. The first kappa shape index (κ1) is 12.9. The number of halogens is 2. The molecule has 2 N–H and O–H groups in total. The molecule has 0 aliphatic rings. The van der Waals surface area contributed by atoms with Crippen molar-refractivity contribution in [2.24, 2.45) is 0 Å². The van der Waals surface area contributed by atoms with Gasteiger partial charge in [-0.3, -0.25) is 0 Å². The Hall–Kier alpha value is -1.13. The molecule has 0 unspecified atom stereocenters. The molecule has 6 heteroatoms. The number of hydrogen-bond acceptors (Lipinski definition) is 2. The molecule has 0 atom stereocenters. The maximum atomic E-state index is 10.3. The molecule has 0 spiro atoms. The summed E-state index contributed by atoms with van der Waals surface area (Å²) in [6, 6.07) is 3.46. The smallest absolute Gasteiger partial charge is 0.404 e. The first-order valence-electron chi connectivity index (χ1n) is 4.54. The normalized spacial score (nSPS) is 9.94. The van der Waals surface area contributed by atoms with Crippen molar-refractivity contribution in [1.29, 1.82) is 0 Å². The van der Waals surface area contributed by atoms with Crippen LogP contribution in [0.2, 0.25) is 10.0 Å². The van der Waals surface area contributed by atoms with E-state index in [2.05, 4.69) is 5.32 Å². The highest BCUT2D eigenvalue weighted by atomic mass is 35.5. The van der Waals surface area contributed by atoms with E-state index in [1.807, 2.05) is 0 Å². The first-order chi connectivity index (χ1) is 7.56. The van der Waals surface area contributed by atoms with Crippen molar-refractivity contribution in [1.82, 2.24) is 5.32 Å². The summed E-state index contributed by atoms with van der Waals surface area (Å²) in [5.41, 5.74) is 0.779. The highest BCUT2D eigenvalue weighted by Gasteiger charge is 2.10. The topological polar surface area (TPSA) is 58.6 Å². The number of ether oxygens (including phenoxy) is 1. The Morgan fingerprint density at radius 1 is 1.44 bits per heavy atom. The zero-order valence-electron chi connectivity index (χ0n) is 8.59. The Morgan fingerprint density at radius 3 is 2.69 bits per heavy atom. The largest absolute Gasteiger partial charge is 0.495 e. The molecule has 1 aromatic carbocycles. The van der Waals surface area contributed by atoms with Crippen molar-refractivity contribution < 1.29 is 14.6 Å². The number of rotatable bonds is 4.